The van der Waals surface area contributed by atoms with E-state index in [9.17, 15) is 19.2 Å². The lowest BCUT2D eigenvalue weighted by Crippen LogP contribution is -2.60. The van der Waals surface area contributed by atoms with Gasteiger partial charge in [0.1, 0.15) is 24.2 Å². The van der Waals surface area contributed by atoms with E-state index in [0.29, 0.717) is 13.0 Å². The van der Waals surface area contributed by atoms with Gasteiger partial charge in [-0.1, -0.05) is 6.92 Å². The van der Waals surface area contributed by atoms with Gasteiger partial charge in [-0.2, -0.15) is 0 Å². The van der Waals surface area contributed by atoms with Crippen LogP contribution in [0.5, 0.6) is 0 Å². The summed E-state index contributed by atoms with van der Waals surface area (Å²) < 4.78 is 0. The zero-order valence-electron chi connectivity index (χ0n) is 14.3. The Balaban J connectivity index is 3.11. The third-order valence-electron chi connectivity index (χ3n) is 3.83. The van der Waals surface area contributed by atoms with Crippen LogP contribution in [0.4, 0.5) is 0 Å². The molecule has 23 heavy (non-hydrogen) atoms. The second-order valence-corrected chi connectivity index (χ2v) is 5.90. The smallest absolute Gasteiger partial charge is 0.245 e. The minimum absolute atomic E-state index is 0.324. The Morgan fingerprint density at radius 3 is 1.70 bits per heavy atom. The monoisotopic (exact) mass is 326 g/mol. The molecule has 0 spiro atoms. The summed E-state index contributed by atoms with van der Waals surface area (Å²) in [5.74, 6) is -1.62. The van der Waals surface area contributed by atoms with E-state index in [1.807, 2.05) is 6.92 Å². The summed E-state index contributed by atoms with van der Waals surface area (Å²) in [6, 6.07) is -3.10. The highest BCUT2D eigenvalue weighted by Gasteiger charge is 2.32. The first kappa shape index (κ1) is 18.9. The van der Waals surface area contributed by atoms with Crippen LogP contribution in [-0.4, -0.2) is 59.2 Å². The number of hydrogen-bond acceptors (Lipinski definition) is 4. The zero-order valence-corrected chi connectivity index (χ0v) is 14.3. The molecule has 0 radical (unpaired) electrons. The van der Waals surface area contributed by atoms with Crippen molar-refractivity contribution >= 4 is 23.6 Å². The quantitative estimate of drug-likeness (QED) is 0.614. The minimum atomic E-state index is -0.798. The molecule has 4 atom stereocenters. The Labute approximate surface area is 136 Å². The maximum atomic E-state index is 12.5. The molecule has 8 heteroatoms. The largest absolute Gasteiger partial charge is 0.343 e. The van der Waals surface area contributed by atoms with E-state index in [1.54, 1.807) is 13.8 Å². The molecule has 1 aliphatic heterocycles. The topological polar surface area (TPSA) is 108 Å². The number of carbonyl (C=O) groups excluding carboxylic acids is 4. The molecule has 1 fully saturated rings. The molecule has 1 saturated heterocycles. The van der Waals surface area contributed by atoms with Gasteiger partial charge in [0.2, 0.25) is 23.6 Å². The van der Waals surface area contributed by atoms with E-state index < -0.39 is 41.9 Å². The summed E-state index contributed by atoms with van der Waals surface area (Å²) in [4.78, 5) is 50.3. The first-order chi connectivity index (χ1) is 10.7. The van der Waals surface area contributed by atoms with Crippen LogP contribution in [0.15, 0.2) is 0 Å². The van der Waals surface area contributed by atoms with E-state index in [1.165, 1.54) is 18.7 Å². The van der Waals surface area contributed by atoms with Gasteiger partial charge < -0.3 is 20.9 Å². The van der Waals surface area contributed by atoms with Crippen molar-refractivity contribution < 1.29 is 19.2 Å². The standard InChI is InChI=1S/C15H26N4O4/c1-6-7-19-11(5)14(22)17-9(3)12(20)16-8(2)13(21)18-10(4)15(19)23/h8-11H,6-7H2,1-5H3,(H,16,20)(H,17,22)(H,18,21). The van der Waals surface area contributed by atoms with Crippen LogP contribution < -0.4 is 16.0 Å². The lowest BCUT2D eigenvalue weighted by molar-refractivity contribution is -0.144. The molecule has 8 nitrogen and oxygen atoms in total. The summed E-state index contributed by atoms with van der Waals surface area (Å²) in [6.07, 6.45) is 0.677. The summed E-state index contributed by atoms with van der Waals surface area (Å²) in [5.41, 5.74) is 0. The van der Waals surface area contributed by atoms with Gasteiger partial charge >= 0.3 is 0 Å². The fourth-order valence-corrected chi connectivity index (χ4v) is 2.33. The molecule has 130 valence electrons. The second-order valence-electron chi connectivity index (χ2n) is 5.90. The Bertz CT molecular complexity index is 494. The summed E-state index contributed by atoms with van der Waals surface area (Å²) in [7, 11) is 0. The van der Waals surface area contributed by atoms with E-state index in [0.717, 1.165) is 0 Å². The summed E-state index contributed by atoms with van der Waals surface area (Å²) >= 11 is 0. The zero-order chi connectivity index (χ0) is 17.7. The Hall–Kier alpha value is -2.12. The summed E-state index contributed by atoms with van der Waals surface area (Å²) in [5, 5.41) is 7.67. The van der Waals surface area contributed by atoms with Gasteiger partial charge in [0.15, 0.2) is 0 Å². The molecule has 4 amide bonds. The fourth-order valence-electron chi connectivity index (χ4n) is 2.33. The van der Waals surface area contributed by atoms with Gasteiger partial charge in [-0.3, -0.25) is 19.2 Å². The molecule has 0 aromatic heterocycles. The number of carbonyl (C=O) groups is 4. The maximum absolute atomic E-state index is 12.5. The van der Waals surface area contributed by atoms with Gasteiger partial charge in [0.05, 0.1) is 0 Å². The third kappa shape index (κ3) is 4.67. The molecule has 4 unspecified atom stereocenters. The highest BCUT2D eigenvalue weighted by atomic mass is 16.2. The predicted molar refractivity (Wildman–Crippen MR) is 84.3 cm³/mol. The van der Waals surface area contributed by atoms with Crippen LogP contribution in [0.2, 0.25) is 0 Å². The number of amides is 4. The number of nitrogens with one attached hydrogen (secondary N) is 3. The maximum Gasteiger partial charge on any atom is 0.245 e. The van der Waals surface area contributed by atoms with Crippen molar-refractivity contribution in [1.82, 2.24) is 20.9 Å². The van der Waals surface area contributed by atoms with Crippen molar-refractivity contribution in [3.05, 3.63) is 0 Å². The fraction of sp³-hybridized carbons (Fsp3) is 0.733. The molecule has 0 aliphatic carbocycles. The number of rotatable bonds is 2. The van der Waals surface area contributed by atoms with Gasteiger partial charge in [0, 0.05) is 6.54 Å². The highest BCUT2D eigenvalue weighted by Crippen LogP contribution is 2.06. The number of nitrogens with zero attached hydrogens (tertiary/aromatic N) is 1. The van der Waals surface area contributed by atoms with Gasteiger partial charge in [-0.05, 0) is 34.1 Å². The molecule has 0 aromatic rings. The molecule has 0 bridgehead atoms. The van der Waals surface area contributed by atoms with Crippen LogP contribution in [0.25, 0.3) is 0 Å². The van der Waals surface area contributed by atoms with E-state index in [-0.39, 0.29) is 5.91 Å². The van der Waals surface area contributed by atoms with Crippen molar-refractivity contribution in [1.29, 1.82) is 0 Å². The number of hydrogen-bond donors (Lipinski definition) is 3. The second kappa shape index (κ2) is 7.94. The lowest BCUT2D eigenvalue weighted by atomic mass is 10.1. The van der Waals surface area contributed by atoms with Gasteiger partial charge in [0.25, 0.3) is 0 Å². The highest BCUT2D eigenvalue weighted by molar-refractivity contribution is 5.97. The first-order valence-corrected chi connectivity index (χ1v) is 7.90. The van der Waals surface area contributed by atoms with Crippen molar-refractivity contribution in [2.45, 2.75) is 65.2 Å². The van der Waals surface area contributed by atoms with Crippen LogP contribution in [-0.2, 0) is 19.2 Å². The van der Waals surface area contributed by atoms with Crippen LogP contribution in [0, 0.1) is 0 Å². The van der Waals surface area contributed by atoms with Crippen molar-refractivity contribution in [3.8, 4) is 0 Å². The average molecular weight is 326 g/mol. The first-order valence-electron chi connectivity index (χ1n) is 7.90. The summed E-state index contributed by atoms with van der Waals surface area (Å²) in [6.45, 7) is 8.52. The van der Waals surface area contributed by atoms with Crippen LogP contribution >= 0.6 is 0 Å². The molecule has 1 heterocycles. The van der Waals surface area contributed by atoms with E-state index in [4.69, 9.17) is 0 Å². The van der Waals surface area contributed by atoms with Crippen molar-refractivity contribution in [3.63, 3.8) is 0 Å². The van der Waals surface area contributed by atoms with Crippen molar-refractivity contribution in [2.75, 3.05) is 6.54 Å². The minimum Gasteiger partial charge on any atom is -0.343 e. The molecule has 0 aromatic carbocycles. The Morgan fingerprint density at radius 1 is 0.783 bits per heavy atom. The molecular weight excluding hydrogens is 300 g/mol. The van der Waals surface area contributed by atoms with Crippen LogP contribution in [0.1, 0.15) is 41.0 Å². The Morgan fingerprint density at radius 2 is 1.22 bits per heavy atom. The van der Waals surface area contributed by atoms with Crippen molar-refractivity contribution in [2.24, 2.45) is 0 Å². The molecule has 0 saturated carbocycles. The molecule has 3 N–H and O–H groups in total. The SMILES string of the molecule is CCCN1C(=O)C(C)NC(=O)C(C)NC(=O)C(C)NC(=O)C1C. The predicted octanol–water partition coefficient (Wildman–Crippen LogP) is -0.859. The van der Waals surface area contributed by atoms with Gasteiger partial charge in [-0.25, -0.2) is 0 Å². The molecule has 1 rings (SSSR count). The molecule has 1 aliphatic rings. The van der Waals surface area contributed by atoms with E-state index in [2.05, 4.69) is 16.0 Å². The third-order valence-corrected chi connectivity index (χ3v) is 3.83. The van der Waals surface area contributed by atoms with Crippen LogP contribution in [0.3, 0.4) is 0 Å². The van der Waals surface area contributed by atoms with Gasteiger partial charge in [-0.15, -0.1) is 0 Å². The van der Waals surface area contributed by atoms with E-state index >= 15 is 0 Å². The Kier molecular flexibility index (Phi) is 6.53. The lowest BCUT2D eigenvalue weighted by Gasteiger charge is -2.32. The average Bonchev–Trinajstić information content (AvgIpc) is 2.49. The normalized spacial score (nSPS) is 30.7. The molecular formula is C15H26N4O4.